The third-order valence-electron chi connectivity index (χ3n) is 4.87. The molecule has 1 aliphatic carbocycles. The largest absolute Gasteiger partial charge is 0.480 e. The average molecular weight is 282 g/mol. The van der Waals surface area contributed by atoms with Crippen LogP contribution in [0.3, 0.4) is 0 Å². The van der Waals surface area contributed by atoms with E-state index in [-0.39, 0.29) is 12.1 Å². The number of carboxylic acid groups (broad SMARTS) is 1. The number of amides is 2. The Labute approximate surface area is 120 Å². The molecule has 5 nitrogen and oxygen atoms in total. The van der Waals surface area contributed by atoms with Crippen molar-refractivity contribution in [2.45, 2.75) is 64.5 Å². The number of urea groups is 1. The van der Waals surface area contributed by atoms with E-state index in [9.17, 15) is 14.7 Å². The number of nitrogens with zero attached hydrogens (tertiary/aromatic N) is 1. The van der Waals surface area contributed by atoms with Gasteiger partial charge >= 0.3 is 12.0 Å². The van der Waals surface area contributed by atoms with E-state index < -0.39 is 12.0 Å². The van der Waals surface area contributed by atoms with E-state index in [1.165, 1.54) is 30.6 Å². The minimum Gasteiger partial charge on any atom is -0.480 e. The van der Waals surface area contributed by atoms with Gasteiger partial charge in [-0.2, -0.15) is 0 Å². The van der Waals surface area contributed by atoms with Gasteiger partial charge < -0.3 is 15.3 Å². The van der Waals surface area contributed by atoms with Crippen LogP contribution in [0.1, 0.15) is 52.4 Å². The molecule has 1 heterocycles. The lowest BCUT2D eigenvalue weighted by molar-refractivity contribution is -0.143. The summed E-state index contributed by atoms with van der Waals surface area (Å²) in [4.78, 5) is 25.2. The zero-order valence-corrected chi connectivity index (χ0v) is 12.5. The number of likely N-dealkylation sites (tertiary alicyclic amines) is 1. The third kappa shape index (κ3) is 3.44. The highest BCUT2D eigenvalue weighted by Gasteiger charge is 2.35. The van der Waals surface area contributed by atoms with Gasteiger partial charge in [0.1, 0.15) is 6.04 Å². The van der Waals surface area contributed by atoms with E-state index >= 15 is 0 Å². The van der Waals surface area contributed by atoms with Gasteiger partial charge in [-0.05, 0) is 44.4 Å². The molecule has 0 aromatic carbocycles. The van der Waals surface area contributed by atoms with Gasteiger partial charge in [-0.3, -0.25) is 0 Å². The van der Waals surface area contributed by atoms with Crippen molar-refractivity contribution in [2.75, 3.05) is 6.54 Å². The van der Waals surface area contributed by atoms with Crippen LogP contribution in [0.5, 0.6) is 0 Å². The predicted molar refractivity (Wildman–Crippen MR) is 76.5 cm³/mol. The second-order valence-corrected chi connectivity index (χ2v) is 6.46. The van der Waals surface area contributed by atoms with E-state index in [2.05, 4.69) is 5.32 Å². The Balaban J connectivity index is 1.94. The second-order valence-electron chi connectivity index (χ2n) is 6.46. The van der Waals surface area contributed by atoms with Gasteiger partial charge in [0.2, 0.25) is 0 Å². The minimum atomic E-state index is -0.889. The number of carbonyl (C=O) groups excluding carboxylic acids is 1. The molecule has 1 saturated heterocycles. The van der Waals surface area contributed by atoms with Crippen LogP contribution in [0.15, 0.2) is 0 Å². The molecule has 0 aromatic heterocycles. The van der Waals surface area contributed by atoms with Crippen molar-refractivity contribution in [3.05, 3.63) is 0 Å². The molecule has 2 N–H and O–H groups in total. The molecule has 0 spiro atoms. The summed E-state index contributed by atoms with van der Waals surface area (Å²) in [5, 5.41) is 12.3. The summed E-state index contributed by atoms with van der Waals surface area (Å²) in [7, 11) is 0. The summed E-state index contributed by atoms with van der Waals surface area (Å²) in [5.41, 5.74) is 0. The van der Waals surface area contributed by atoms with Gasteiger partial charge in [0.25, 0.3) is 0 Å². The van der Waals surface area contributed by atoms with Gasteiger partial charge in [-0.15, -0.1) is 0 Å². The van der Waals surface area contributed by atoms with Crippen molar-refractivity contribution in [1.82, 2.24) is 10.2 Å². The number of carbonyl (C=O) groups is 2. The highest BCUT2D eigenvalue weighted by atomic mass is 16.4. The van der Waals surface area contributed by atoms with Crippen LogP contribution in [0.2, 0.25) is 0 Å². The molecule has 1 saturated carbocycles. The van der Waals surface area contributed by atoms with E-state index in [4.69, 9.17) is 0 Å². The summed E-state index contributed by atoms with van der Waals surface area (Å²) in [5.74, 6) is 0.0265. The highest BCUT2D eigenvalue weighted by molar-refractivity contribution is 5.83. The maximum atomic E-state index is 12.3. The lowest BCUT2D eigenvalue weighted by atomic mass is 9.92. The van der Waals surface area contributed by atoms with Gasteiger partial charge in [-0.1, -0.05) is 19.8 Å². The monoisotopic (exact) mass is 282 g/mol. The Bertz CT molecular complexity index is 366. The maximum Gasteiger partial charge on any atom is 0.326 e. The van der Waals surface area contributed by atoms with Crippen molar-refractivity contribution < 1.29 is 14.7 Å². The van der Waals surface area contributed by atoms with Gasteiger partial charge in [-0.25, -0.2) is 9.59 Å². The van der Waals surface area contributed by atoms with Crippen LogP contribution >= 0.6 is 0 Å². The van der Waals surface area contributed by atoms with Crippen LogP contribution < -0.4 is 5.32 Å². The predicted octanol–water partition coefficient (Wildman–Crippen LogP) is 2.46. The number of hydrogen-bond acceptors (Lipinski definition) is 2. The standard InChI is InChI=1S/C15H26N2O3/c1-10-7-8-17(13(9-10)14(18)19)15(20)16-11(2)12-5-3-4-6-12/h10-13H,3-9H2,1-2H3,(H,16,20)(H,18,19). The number of hydrogen-bond donors (Lipinski definition) is 2. The Morgan fingerprint density at radius 3 is 2.50 bits per heavy atom. The van der Waals surface area contributed by atoms with Crippen molar-refractivity contribution in [2.24, 2.45) is 11.8 Å². The Kier molecular flexibility index (Phi) is 4.89. The number of piperidine rings is 1. The summed E-state index contributed by atoms with van der Waals surface area (Å²) in [6.07, 6.45) is 6.25. The number of nitrogens with one attached hydrogen (secondary N) is 1. The molecular weight excluding hydrogens is 256 g/mol. The fraction of sp³-hybridized carbons (Fsp3) is 0.867. The lowest BCUT2D eigenvalue weighted by Gasteiger charge is -2.37. The Morgan fingerprint density at radius 1 is 1.25 bits per heavy atom. The van der Waals surface area contributed by atoms with Crippen LogP contribution in [0.25, 0.3) is 0 Å². The molecule has 1 aliphatic heterocycles. The Morgan fingerprint density at radius 2 is 1.90 bits per heavy atom. The van der Waals surface area contributed by atoms with Gasteiger partial charge in [0, 0.05) is 12.6 Å². The fourth-order valence-corrected chi connectivity index (χ4v) is 3.47. The molecule has 2 rings (SSSR count). The van der Waals surface area contributed by atoms with Gasteiger partial charge in [0.05, 0.1) is 0 Å². The summed E-state index contributed by atoms with van der Waals surface area (Å²) in [6.45, 7) is 4.63. The zero-order chi connectivity index (χ0) is 14.7. The van der Waals surface area contributed by atoms with E-state index in [0.29, 0.717) is 24.8 Å². The fourth-order valence-electron chi connectivity index (χ4n) is 3.47. The number of carboxylic acids is 1. The molecule has 3 atom stereocenters. The SMILES string of the molecule is CC1CCN(C(=O)NC(C)C2CCCC2)C(C(=O)O)C1. The molecule has 2 fully saturated rings. The molecule has 5 heteroatoms. The molecule has 2 amide bonds. The summed E-state index contributed by atoms with van der Waals surface area (Å²) < 4.78 is 0. The molecular formula is C15H26N2O3. The minimum absolute atomic E-state index is 0.138. The number of rotatable bonds is 3. The molecule has 20 heavy (non-hydrogen) atoms. The quantitative estimate of drug-likeness (QED) is 0.835. The van der Waals surface area contributed by atoms with Crippen molar-refractivity contribution in [3.8, 4) is 0 Å². The van der Waals surface area contributed by atoms with Crippen LogP contribution in [-0.2, 0) is 4.79 Å². The van der Waals surface area contributed by atoms with Crippen LogP contribution in [0.4, 0.5) is 4.79 Å². The maximum absolute atomic E-state index is 12.3. The summed E-state index contributed by atoms with van der Waals surface area (Å²) >= 11 is 0. The first-order valence-corrected chi connectivity index (χ1v) is 7.79. The Hall–Kier alpha value is -1.26. The van der Waals surface area contributed by atoms with Crippen molar-refractivity contribution >= 4 is 12.0 Å². The first kappa shape index (κ1) is 15.1. The smallest absolute Gasteiger partial charge is 0.326 e. The summed E-state index contributed by atoms with van der Waals surface area (Å²) in [6, 6.07) is -0.739. The average Bonchev–Trinajstić information content (AvgIpc) is 2.92. The molecule has 2 aliphatic rings. The lowest BCUT2D eigenvalue weighted by Crippen LogP contribution is -2.55. The number of aliphatic carboxylic acids is 1. The molecule has 3 unspecified atom stereocenters. The first-order valence-electron chi connectivity index (χ1n) is 7.79. The molecule has 0 bridgehead atoms. The van der Waals surface area contributed by atoms with E-state index in [0.717, 1.165) is 6.42 Å². The van der Waals surface area contributed by atoms with Gasteiger partial charge in [0.15, 0.2) is 0 Å². The molecule has 114 valence electrons. The highest BCUT2D eigenvalue weighted by Crippen LogP contribution is 2.28. The van der Waals surface area contributed by atoms with Crippen LogP contribution in [-0.4, -0.2) is 40.6 Å². The second kappa shape index (κ2) is 6.46. The molecule has 0 radical (unpaired) electrons. The normalized spacial score (nSPS) is 29.2. The first-order chi connectivity index (χ1) is 9.49. The zero-order valence-electron chi connectivity index (χ0n) is 12.5. The topological polar surface area (TPSA) is 69.6 Å². The van der Waals surface area contributed by atoms with E-state index in [1.807, 2.05) is 13.8 Å². The van der Waals surface area contributed by atoms with Crippen LogP contribution in [0, 0.1) is 11.8 Å². The van der Waals surface area contributed by atoms with Crippen molar-refractivity contribution in [1.29, 1.82) is 0 Å². The molecule has 0 aromatic rings. The van der Waals surface area contributed by atoms with Crippen molar-refractivity contribution in [3.63, 3.8) is 0 Å². The van der Waals surface area contributed by atoms with E-state index in [1.54, 1.807) is 0 Å². The third-order valence-corrected chi connectivity index (χ3v) is 4.87.